The SMILES string of the molecule is Cc1ccc(C(=O)N2CCCCC2(C)C(=O)O)c(C)n1. The maximum Gasteiger partial charge on any atom is 0.329 e. The molecule has 1 aliphatic rings. The number of aromatic nitrogens is 1. The monoisotopic (exact) mass is 276 g/mol. The third-order valence-corrected chi connectivity index (χ3v) is 4.05. The van der Waals surface area contributed by atoms with E-state index in [9.17, 15) is 14.7 Å². The Hall–Kier alpha value is -1.91. The van der Waals surface area contributed by atoms with E-state index in [4.69, 9.17) is 0 Å². The highest BCUT2D eigenvalue weighted by atomic mass is 16.4. The number of aryl methyl sites for hydroxylation is 2. The number of pyridine rings is 1. The van der Waals surface area contributed by atoms with Crippen molar-refractivity contribution in [1.29, 1.82) is 0 Å². The van der Waals surface area contributed by atoms with Crippen molar-refractivity contribution in [2.75, 3.05) is 6.54 Å². The summed E-state index contributed by atoms with van der Waals surface area (Å²) in [5, 5.41) is 9.47. The van der Waals surface area contributed by atoms with E-state index in [0.29, 0.717) is 24.2 Å². The molecule has 1 fully saturated rings. The number of hydrogen-bond acceptors (Lipinski definition) is 3. The highest BCUT2D eigenvalue weighted by Gasteiger charge is 2.44. The Labute approximate surface area is 118 Å². The third-order valence-electron chi connectivity index (χ3n) is 4.05. The fourth-order valence-electron chi connectivity index (χ4n) is 2.73. The fourth-order valence-corrected chi connectivity index (χ4v) is 2.73. The predicted octanol–water partition coefficient (Wildman–Crippen LogP) is 2.17. The Balaban J connectivity index is 2.37. The highest BCUT2D eigenvalue weighted by Crippen LogP contribution is 2.30. The molecular formula is C15H20N2O3. The van der Waals surface area contributed by atoms with Crippen molar-refractivity contribution in [3.05, 3.63) is 29.1 Å². The van der Waals surface area contributed by atoms with Crippen LogP contribution in [0, 0.1) is 13.8 Å². The molecule has 0 spiro atoms. The van der Waals surface area contributed by atoms with Gasteiger partial charge in [-0.15, -0.1) is 0 Å². The lowest BCUT2D eigenvalue weighted by molar-refractivity contribution is -0.150. The molecule has 1 aromatic rings. The van der Waals surface area contributed by atoms with E-state index in [-0.39, 0.29) is 5.91 Å². The van der Waals surface area contributed by atoms with E-state index < -0.39 is 11.5 Å². The third kappa shape index (κ3) is 2.40. The second-order valence-corrected chi connectivity index (χ2v) is 5.58. The molecule has 5 heteroatoms. The van der Waals surface area contributed by atoms with Gasteiger partial charge in [0.05, 0.1) is 11.3 Å². The number of nitrogens with zero attached hydrogens (tertiary/aromatic N) is 2. The summed E-state index contributed by atoms with van der Waals surface area (Å²) in [6, 6.07) is 3.51. The van der Waals surface area contributed by atoms with Crippen molar-refractivity contribution in [1.82, 2.24) is 9.88 Å². The highest BCUT2D eigenvalue weighted by molar-refractivity contribution is 5.98. The van der Waals surface area contributed by atoms with Crippen molar-refractivity contribution in [2.45, 2.75) is 45.6 Å². The first-order valence-corrected chi connectivity index (χ1v) is 6.86. The normalized spacial score (nSPS) is 22.6. The van der Waals surface area contributed by atoms with E-state index in [2.05, 4.69) is 4.98 Å². The van der Waals surface area contributed by atoms with Crippen molar-refractivity contribution in [3.63, 3.8) is 0 Å². The predicted molar refractivity (Wildman–Crippen MR) is 74.6 cm³/mol. The van der Waals surface area contributed by atoms with Crippen LogP contribution in [0.5, 0.6) is 0 Å². The Bertz CT molecular complexity index is 556. The lowest BCUT2D eigenvalue weighted by Gasteiger charge is -2.41. The van der Waals surface area contributed by atoms with Crippen LogP contribution in [-0.4, -0.2) is 39.0 Å². The van der Waals surface area contributed by atoms with Crippen molar-refractivity contribution in [2.24, 2.45) is 0 Å². The first kappa shape index (κ1) is 14.5. The number of hydrogen-bond donors (Lipinski definition) is 1. The summed E-state index contributed by atoms with van der Waals surface area (Å²) in [4.78, 5) is 30.0. The maximum absolute atomic E-state index is 12.7. The molecule has 1 aromatic heterocycles. The Morgan fingerprint density at radius 2 is 2.00 bits per heavy atom. The zero-order valence-corrected chi connectivity index (χ0v) is 12.1. The van der Waals surface area contributed by atoms with Gasteiger partial charge < -0.3 is 10.0 Å². The zero-order chi connectivity index (χ0) is 14.9. The summed E-state index contributed by atoms with van der Waals surface area (Å²) in [7, 11) is 0. The molecule has 108 valence electrons. The minimum Gasteiger partial charge on any atom is -0.480 e. The van der Waals surface area contributed by atoms with Crippen LogP contribution in [0.2, 0.25) is 0 Å². The van der Waals surface area contributed by atoms with Gasteiger partial charge in [0.1, 0.15) is 5.54 Å². The summed E-state index contributed by atoms with van der Waals surface area (Å²) in [6.45, 7) is 5.75. The fraction of sp³-hybridized carbons (Fsp3) is 0.533. The van der Waals surface area contributed by atoms with E-state index in [1.807, 2.05) is 6.92 Å². The molecule has 1 N–H and O–H groups in total. The molecule has 1 aliphatic heterocycles. The Morgan fingerprint density at radius 1 is 1.30 bits per heavy atom. The largest absolute Gasteiger partial charge is 0.480 e. The van der Waals surface area contributed by atoms with Crippen LogP contribution in [-0.2, 0) is 4.79 Å². The van der Waals surface area contributed by atoms with E-state index in [0.717, 1.165) is 18.5 Å². The molecule has 5 nitrogen and oxygen atoms in total. The molecule has 0 aromatic carbocycles. The van der Waals surface area contributed by atoms with E-state index in [1.54, 1.807) is 26.0 Å². The number of carboxylic acid groups (broad SMARTS) is 1. The molecule has 2 rings (SSSR count). The number of rotatable bonds is 2. The van der Waals surface area contributed by atoms with Gasteiger partial charge in [0, 0.05) is 12.2 Å². The van der Waals surface area contributed by atoms with Crippen LogP contribution in [0.4, 0.5) is 0 Å². The van der Waals surface area contributed by atoms with Gasteiger partial charge in [0.2, 0.25) is 0 Å². The first-order chi connectivity index (χ1) is 9.36. The van der Waals surface area contributed by atoms with Crippen LogP contribution in [0.15, 0.2) is 12.1 Å². The molecule has 1 unspecified atom stereocenters. The maximum atomic E-state index is 12.7. The molecule has 1 atom stereocenters. The van der Waals surface area contributed by atoms with E-state index in [1.165, 1.54) is 4.90 Å². The van der Waals surface area contributed by atoms with E-state index >= 15 is 0 Å². The van der Waals surface area contributed by atoms with Crippen LogP contribution in [0.1, 0.15) is 47.9 Å². The molecule has 0 aliphatic carbocycles. The van der Waals surface area contributed by atoms with Gasteiger partial charge in [-0.1, -0.05) is 0 Å². The standard InChI is InChI=1S/C15H20N2O3/c1-10-6-7-12(11(2)16-10)13(18)17-9-5-4-8-15(17,3)14(19)20/h6-7H,4-5,8-9H2,1-3H3,(H,19,20). The van der Waals surface area contributed by atoms with Crippen molar-refractivity contribution < 1.29 is 14.7 Å². The van der Waals surface area contributed by atoms with Gasteiger partial charge >= 0.3 is 5.97 Å². The summed E-state index contributed by atoms with van der Waals surface area (Å²) in [5.41, 5.74) is 0.865. The molecular weight excluding hydrogens is 256 g/mol. The second kappa shape index (κ2) is 5.23. The molecule has 2 heterocycles. The van der Waals surface area contributed by atoms with Crippen molar-refractivity contribution >= 4 is 11.9 Å². The summed E-state index contributed by atoms with van der Waals surface area (Å²) in [5.74, 6) is -1.18. The number of carbonyl (C=O) groups excluding carboxylic acids is 1. The van der Waals surface area contributed by atoms with Crippen LogP contribution in [0.25, 0.3) is 0 Å². The van der Waals surface area contributed by atoms with Gasteiger partial charge in [-0.25, -0.2) is 4.79 Å². The molecule has 0 radical (unpaired) electrons. The van der Waals surface area contributed by atoms with Gasteiger partial charge in [-0.2, -0.15) is 0 Å². The average Bonchev–Trinajstić information content (AvgIpc) is 2.38. The number of carbonyl (C=O) groups is 2. The molecule has 0 bridgehead atoms. The van der Waals surface area contributed by atoms with Gasteiger partial charge in [-0.3, -0.25) is 9.78 Å². The molecule has 20 heavy (non-hydrogen) atoms. The van der Waals surface area contributed by atoms with Crippen LogP contribution < -0.4 is 0 Å². The lowest BCUT2D eigenvalue weighted by atomic mass is 9.87. The Kier molecular flexibility index (Phi) is 3.79. The Morgan fingerprint density at radius 3 is 2.60 bits per heavy atom. The molecule has 1 saturated heterocycles. The number of amides is 1. The lowest BCUT2D eigenvalue weighted by Crippen LogP contribution is -2.57. The van der Waals surface area contributed by atoms with Gasteiger partial charge in [0.15, 0.2) is 0 Å². The quantitative estimate of drug-likeness (QED) is 0.898. The van der Waals surface area contributed by atoms with Gasteiger partial charge in [-0.05, 0) is 52.2 Å². The number of carboxylic acids is 1. The smallest absolute Gasteiger partial charge is 0.329 e. The van der Waals surface area contributed by atoms with Crippen LogP contribution >= 0.6 is 0 Å². The number of piperidine rings is 1. The van der Waals surface area contributed by atoms with Crippen LogP contribution in [0.3, 0.4) is 0 Å². The minimum atomic E-state index is -1.12. The second-order valence-electron chi connectivity index (χ2n) is 5.58. The van der Waals surface area contributed by atoms with Crippen molar-refractivity contribution in [3.8, 4) is 0 Å². The molecule has 1 amide bonds. The number of aliphatic carboxylic acids is 1. The molecule has 0 saturated carbocycles. The summed E-state index contributed by atoms with van der Waals surface area (Å²) >= 11 is 0. The summed E-state index contributed by atoms with van der Waals surface area (Å²) in [6.07, 6.45) is 2.16. The topological polar surface area (TPSA) is 70.5 Å². The zero-order valence-electron chi connectivity index (χ0n) is 12.1. The van der Waals surface area contributed by atoms with Gasteiger partial charge in [0.25, 0.3) is 5.91 Å². The summed E-state index contributed by atoms with van der Waals surface area (Å²) < 4.78 is 0. The minimum absolute atomic E-state index is 0.236. The number of likely N-dealkylation sites (tertiary alicyclic amines) is 1. The first-order valence-electron chi connectivity index (χ1n) is 6.86. The average molecular weight is 276 g/mol.